The number of imidazole rings is 1. The lowest BCUT2D eigenvalue weighted by atomic mass is 10.5. The Labute approximate surface area is 78.8 Å². The van der Waals surface area contributed by atoms with Gasteiger partial charge in [0.2, 0.25) is 4.96 Å². The van der Waals surface area contributed by atoms with Crippen molar-refractivity contribution in [2.75, 3.05) is 0 Å². The van der Waals surface area contributed by atoms with Gasteiger partial charge >= 0.3 is 5.97 Å². The predicted molar refractivity (Wildman–Crippen MR) is 45.5 cm³/mol. The lowest BCUT2D eigenvalue weighted by molar-refractivity contribution is 0.0691. The standard InChI is InChI=1S/C5H2BrN3O2S/c6-4-8-9-1-2(3(10)11)7-5(9)12-4/h1H,(H,10,11). The number of rotatable bonds is 1. The summed E-state index contributed by atoms with van der Waals surface area (Å²) >= 11 is 4.45. The van der Waals surface area contributed by atoms with Crippen LogP contribution < -0.4 is 0 Å². The molecule has 2 aromatic rings. The highest BCUT2D eigenvalue weighted by molar-refractivity contribution is 9.11. The Bertz CT molecular complexity index is 417. The zero-order valence-corrected chi connectivity index (χ0v) is 7.96. The molecule has 0 saturated heterocycles. The van der Waals surface area contributed by atoms with E-state index in [0.29, 0.717) is 8.88 Å². The van der Waals surface area contributed by atoms with Crippen LogP contribution in [-0.2, 0) is 0 Å². The first-order valence-electron chi connectivity index (χ1n) is 2.92. The van der Waals surface area contributed by atoms with E-state index in [1.54, 1.807) is 0 Å². The van der Waals surface area contributed by atoms with Crippen LogP contribution in [0.25, 0.3) is 4.96 Å². The fourth-order valence-corrected chi connectivity index (χ4v) is 1.99. The molecule has 0 radical (unpaired) electrons. The minimum absolute atomic E-state index is 0.0150. The number of aromatic nitrogens is 3. The maximum absolute atomic E-state index is 10.4. The van der Waals surface area contributed by atoms with Crippen LogP contribution in [0.15, 0.2) is 10.1 Å². The van der Waals surface area contributed by atoms with Crippen molar-refractivity contribution in [3.8, 4) is 0 Å². The molecular formula is C5H2BrN3O2S. The fraction of sp³-hybridized carbons (Fsp3) is 0. The Balaban J connectivity index is 2.64. The van der Waals surface area contributed by atoms with E-state index in [0.717, 1.165) is 0 Å². The molecule has 0 aliphatic carbocycles. The number of carbonyl (C=O) groups is 1. The molecule has 0 fully saturated rings. The summed E-state index contributed by atoms with van der Waals surface area (Å²) in [4.78, 5) is 14.8. The summed E-state index contributed by atoms with van der Waals surface area (Å²) in [6.45, 7) is 0. The second-order valence-corrected chi connectivity index (χ2v) is 4.25. The fourth-order valence-electron chi connectivity index (χ4n) is 0.779. The molecule has 0 unspecified atom stereocenters. The lowest BCUT2D eigenvalue weighted by Crippen LogP contribution is -1.95. The van der Waals surface area contributed by atoms with E-state index in [-0.39, 0.29) is 5.69 Å². The van der Waals surface area contributed by atoms with Crippen molar-refractivity contribution >= 4 is 38.2 Å². The molecule has 2 heterocycles. The van der Waals surface area contributed by atoms with Gasteiger partial charge in [-0.25, -0.2) is 14.3 Å². The van der Waals surface area contributed by atoms with Gasteiger partial charge < -0.3 is 5.11 Å². The molecular weight excluding hydrogens is 246 g/mol. The summed E-state index contributed by atoms with van der Waals surface area (Å²) < 4.78 is 2.11. The minimum Gasteiger partial charge on any atom is -0.476 e. The number of hydrogen-bond donors (Lipinski definition) is 1. The van der Waals surface area contributed by atoms with Crippen molar-refractivity contribution in [3.05, 3.63) is 15.8 Å². The van der Waals surface area contributed by atoms with Gasteiger partial charge in [0.15, 0.2) is 9.61 Å². The second-order valence-electron chi connectivity index (χ2n) is 2.01. The van der Waals surface area contributed by atoms with Crippen LogP contribution in [-0.4, -0.2) is 25.7 Å². The molecule has 0 amide bonds. The molecule has 5 nitrogen and oxygen atoms in total. The number of halogens is 1. The van der Waals surface area contributed by atoms with E-state index in [1.165, 1.54) is 22.0 Å². The summed E-state index contributed by atoms with van der Waals surface area (Å²) in [6.07, 6.45) is 1.37. The first-order chi connectivity index (χ1) is 5.66. The van der Waals surface area contributed by atoms with Crippen LogP contribution in [0.5, 0.6) is 0 Å². The van der Waals surface area contributed by atoms with Gasteiger partial charge in [-0.15, -0.1) is 5.10 Å². The average Bonchev–Trinajstić information content (AvgIpc) is 2.42. The number of nitrogens with zero attached hydrogens (tertiary/aromatic N) is 3. The molecule has 1 N–H and O–H groups in total. The number of carboxylic acid groups (broad SMARTS) is 1. The van der Waals surface area contributed by atoms with E-state index >= 15 is 0 Å². The normalized spacial score (nSPS) is 10.8. The number of carboxylic acids is 1. The SMILES string of the molecule is O=C(O)c1cn2nc(Br)sc2n1. The molecule has 0 aliphatic heterocycles. The molecule has 2 aromatic heterocycles. The smallest absolute Gasteiger partial charge is 0.356 e. The third-order valence-corrected chi connectivity index (χ3v) is 2.59. The Morgan fingerprint density at radius 1 is 1.75 bits per heavy atom. The molecule has 62 valence electrons. The van der Waals surface area contributed by atoms with Crippen molar-refractivity contribution in [2.24, 2.45) is 0 Å². The third-order valence-electron chi connectivity index (χ3n) is 1.24. The van der Waals surface area contributed by atoms with Crippen LogP contribution >= 0.6 is 27.3 Å². The van der Waals surface area contributed by atoms with E-state index in [4.69, 9.17) is 5.11 Å². The highest BCUT2D eigenvalue weighted by Crippen LogP contribution is 2.19. The van der Waals surface area contributed by atoms with Gasteiger partial charge in [-0.1, -0.05) is 11.3 Å². The highest BCUT2D eigenvalue weighted by atomic mass is 79.9. The van der Waals surface area contributed by atoms with Crippen LogP contribution in [0.2, 0.25) is 0 Å². The van der Waals surface area contributed by atoms with E-state index in [9.17, 15) is 4.79 Å². The molecule has 0 saturated carbocycles. The van der Waals surface area contributed by atoms with Gasteiger partial charge in [0.1, 0.15) is 0 Å². The predicted octanol–water partition coefficient (Wildman–Crippen LogP) is 1.25. The van der Waals surface area contributed by atoms with Crippen LogP contribution in [0.3, 0.4) is 0 Å². The zero-order chi connectivity index (χ0) is 8.72. The Kier molecular flexibility index (Phi) is 1.62. The molecule has 0 spiro atoms. The van der Waals surface area contributed by atoms with E-state index < -0.39 is 5.97 Å². The summed E-state index contributed by atoms with van der Waals surface area (Å²) in [7, 11) is 0. The van der Waals surface area contributed by atoms with Gasteiger partial charge in [-0.05, 0) is 15.9 Å². The first kappa shape index (κ1) is 7.69. The maximum Gasteiger partial charge on any atom is 0.356 e. The first-order valence-corrected chi connectivity index (χ1v) is 4.53. The van der Waals surface area contributed by atoms with Crippen LogP contribution in [0.1, 0.15) is 10.5 Å². The summed E-state index contributed by atoms with van der Waals surface area (Å²) in [5, 5.41) is 12.5. The Hall–Kier alpha value is -0.950. The lowest BCUT2D eigenvalue weighted by Gasteiger charge is -1.79. The Morgan fingerprint density at radius 3 is 3.08 bits per heavy atom. The second kappa shape index (κ2) is 2.53. The number of hydrogen-bond acceptors (Lipinski definition) is 4. The van der Waals surface area contributed by atoms with Gasteiger partial charge in [0, 0.05) is 0 Å². The van der Waals surface area contributed by atoms with Gasteiger partial charge in [-0.2, -0.15) is 0 Å². The monoisotopic (exact) mass is 247 g/mol. The summed E-state index contributed by atoms with van der Waals surface area (Å²) in [5.41, 5.74) is 0.0150. The average molecular weight is 248 g/mol. The van der Waals surface area contributed by atoms with Crippen molar-refractivity contribution in [1.29, 1.82) is 0 Å². The number of fused-ring (bicyclic) bond motifs is 1. The molecule has 0 aromatic carbocycles. The minimum atomic E-state index is -1.04. The maximum atomic E-state index is 10.4. The van der Waals surface area contributed by atoms with Crippen molar-refractivity contribution < 1.29 is 9.90 Å². The van der Waals surface area contributed by atoms with E-state index in [2.05, 4.69) is 26.0 Å². The van der Waals surface area contributed by atoms with Crippen LogP contribution in [0.4, 0.5) is 0 Å². The van der Waals surface area contributed by atoms with Gasteiger partial charge in [0.25, 0.3) is 0 Å². The van der Waals surface area contributed by atoms with Crippen molar-refractivity contribution in [3.63, 3.8) is 0 Å². The molecule has 0 aliphatic rings. The van der Waals surface area contributed by atoms with Gasteiger partial charge in [-0.3, -0.25) is 0 Å². The summed E-state index contributed by atoms with van der Waals surface area (Å²) in [6, 6.07) is 0. The van der Waals surface area contributed by atoms with Gasteiger partial charge in [0.05, 0.1) is 6.20 Å². The molecule has 0 bridgehead atoms. The summed E-state index contributed by atoms with van der Waals surface area (Å²) in [5.74, 6) is -1.04. The zero-order valence-electron chi connectivity index (χ0n) is 5.56. The molecule has 7 heteroatoms. The third kappa shape index (κ3) is 1.10. The quantitative estimate of drug-likeness (QED) is 0.824. The van der Waals surface area contributed by atoms with Crippen molar-refractivity contribution in [2.45, 2.75) is 0 Å². The molecule has 12 heavy (non-hydrogen) atoms. The molecule has 2 rings (SSSR count). The number of aromatic carboxylic acids is 1. The van der Waals surface area contributed by atoms with Crippen LogP contribution in [0, 0.1) is 0 Å². The van der Waals surface area contributed by atoms with Crippen molar-refractivity contribution in [1.82, 2.24) is 14.6 Å². The topological polar surface area (TPSA) is 67.5 Å². The Morgan fingerprint density at radius 2 is 2.50 bits per heavy atom. The molecule has 0 atom stereocenters. The highest BCUT2D eigenvalue weighted by Gasteiger charge is 2.11. The largest absolute Gasteiger partial charge is 0.476 e. The van der Waals surface area contributed by atoms with E-state index in [1.807, 2.05) is 0 Å².